The molecule has 2 aliphatic heterocycles. The molecule has 4 nitrogen and oxygen atoms in total. The summed E-state index contributed by atoms with van der Waals surface area (Å²) in [5.74, 6) is 0.440. The fourth-order valence-corrected chi connectivity index (χ4v) is 4.11. The van der Waals surface area contributed by atoms with Crippen molar-refractivity contribution in [3.05, 3.63) is 29.6 Å². The fourth-order valence-electron chi connectivity index (χ4n) is 4.11. The quantitative estimate of drug-likeness (QED) is 0.801. The third kappa shape index (κ3) is 1.83. The topological polar surface area (TPSA) is 53.3 Å². The second-order valence-electron chi connectivity index (χ2n) is 6.93. The van der Waals surface area contributed by atoms with Gasteiger partial charge in [0.15, 0.2) is 0 Å². The van der Waals surface area contributed by atoms with E-state index in [2.05, 4.69) is 6.07 Å². The molecule has 1 aliphatic carbocycles. The molecule has 0 unspecified atom stereocenters. The summed E-state index contributed by atoms with van der Waals surface area (Å²) in [6, 6.07) is 6.64. The lowest BCUT2D eigenvalue weighted by molar-refractivity contribution is -0.149. The zero-order chi connectivity index (χ0) is 15.5. The number of benzene rings is 1. The second-order valence-corrected chi connectivity index (χ2v) is 6.93. The first-order valence-corrected chi connectivity index (χ1v) is 7.67. The normalized spacial score (nSPS) is 35.1. The molecule has 2 fully saturated rings. The third-order valence-corrected chi connectivity index (χ3v) is 5.24. The Kier molecular flexibility index (Phi) is 2.75. The van der Waals surface area contributed by atoms with Crippen LogP contribution >= 0.6 is 0 Å². The first kappa shape index (κ1) is 13.6. The minimum absolute atomic E-state index is 0.0117. The monoisotopic (exact) mass is 300 g/mol. The molecule has 2 heterocycles. The van der Waals surface area contributed by atoms with E-state index in [-0.39, 0.29) is 29.8 Å². The van der Waals surface area contributed by atoms with Crippen molar-refractivity contribution in [2.45, 2.75) is 38.3 Å². The number of rotatable bonds is 1. The highest BCUT2D eigenvalue weighted by Gasteiger charge is 2.52. The predicted molar refractivity (Wildman–Crippen MR) is 76.3 cm³/mol. The fraction of sp³-hybridized carbons (Fsp3) is 0.529. The molecule has 5 heteroatoms. The predicted octanol–water partition coefficient (Wildman–Crippen LogP) is 2.80. The van der Waals surface area contributed by atoms with Gasteiger partial charge in [0, 0.05) is 23.3 Å². The van der Waals surface area contributed by atoms with E-state index in [0.29, 0.717) is 25.1 Å². The number of halogens is 1. The molecule has 114 valence electrons. The Balaban J connectivity index is 1.62. The standard InChI is InChI=1S/C17H17FN2O2/c1-17(6-10(7-17)8-19)16(21)20-9-12-5-14(20)13-4-11(18)2-3-15(13)22-12/h2-4,10,12,14H,5-7,9H2,1H3/t10?,12-,14-,17?/m0/s1. The van der Waals surface area contributed by atoms with Gasteiger partial charge in [-0.15, -0.1) is 0 Å². The van der Waals surface area contributed by atoms with E-state index in [0.717, 1.165) is 12.0 Å². The molecular weight excluding hydrogens is 283 g/mol. The third-order valence-electron chi connectivity index (χ3n) is 5.24. The van der Waals surface area contributed by atoms with Gasteiger partial charge in [-0.2, -0.15) is 5.26 Å². The van der Waals surface area contributed by atoms with Crippen LogP contribution in [-0.2, 0) is 4.79 Å². The average Bonchev–Trinajstić information content (AvgIpc) is 2.82. The van der Waals surface area contributed by atoms with E-state index in [1.54, 1.807) is 6.07 Å². The van der Waals surface area contributed by atoms with Crippen LogP contribution in [0.5, 0.6) is 5.75 Å². The van der Waals surface area contributed by atoms with Gasteiger partial charge in [-0.25, -0.2) is 4.39 Å². The van der Waals surface area contributed by atoms with Crippen molar-refractivity contribution in [3.63, 3.8) is 0 Å². The van der Waals surface area contributed by atoms with Gasteiger partial charge in [-0.05, 0) is 31.0 Å². The van der Waals surface area contributed by atoms with Crippen LogP contribution in [0.3, 0.4) is 0 Å². The number of carbonyl (C=O) groups is 1. The number of nitrogens with zero attached hydrogens (tertiary/aromatic N) is 2. The van der Waals surface area contributed by atoms with E-state index in [4.69, 9.17) is 10.00 Å². The Labute approximate surface area is 128 Å². The smallest absolute Gasteiger partial charge is 0.229 e. The Morgan fingerprint density at radius 3 is 3.00 bits per heavy atom. The van der Waals surface area contributed by atoms with E-state index in [1.807, 2.05) is 11.8 Å². The van der Waals surface area contributed by atoms with Crippen molar-refractivity contribution in [1.29, 1.82) is 5.26 Å². The van der Waals surface area contributed by atoms with Crippen molar-refractivity contribution in [2.24, 2.45) is 11.3 Å². The zero-order valence-electron chi connectivity index (χ0n) is 12.4. The van der Waals surface area contributed by atoms with E-state index in [1.165, 1.54) is 12.1 Å². The summed E-state index contributed by atoms with van der Waals surface area (Å²) >= 11 is 0. The Morgan fingerprint density at radius 2 is 2.27 bits per heavy atom. The SMILES string of the molecule is CC1(C(=O)N2C[C@@H]3C[C@H]2c2cc(F)ccc2O3)CC(C#N)C1. The molecule has 4 rings (SSSR count). The maximum absolute atomic E-state index is 13.6. The lowest BCUT2D eigenvalue weighted by atomic mass is 9.63. The van der Waals surface area contributed by atoms with Crippen molar-refractivity contribution in [2.75, 3.05) is 6.54 Å². The van der Waals surface area contributed by atoms with Gasteiger partial charge in [0.05, 0.1) is 18.7 Å². The lowest BCUT2D eigenvalue weighted by Crippen LogP contribution is -2.49. The number of hydrogen-bond acceptors (Lipinski definition) is 3. The average molecular weight is 300 g/mol. The van der Waals surface area contributed by atoms with Gasteiger partial charge in [0.25, 0.3) is 0 Å². The largest absolute Gasteiger partial charge is 0.488 e. The van der Waals surface area contributed by atoms with E-state index < -0.39 is 5.41 Å². The number of nitriles is 1. The maximum atomic E-state index is 13.6. The number of carbonyl (C=O) groups excluding carboxylic acids is 1. The van der Waals surface area contributed by atoms with Crippen molar-refractivity contribution in [3.8, 4) is 11.8 Å². The van der Waals surface area contributed by atoms with Gasteiger partial charge in [-0.3, -0.25) is 4.79 Å². The molecule has 0 spiro atoms. The first-order valence-electron chi connectivity index (χ1n) is 7.67. The summed E-state index contributed by atoms with van der Waals surface area (Å²) in [6.07, 6.45) is 1.95. The molecule has 1 aromatic rings. The molecule has 1 saturated carbocycles. The number of ether oxygens (including phenoxy) is 1. The maximum Gasteiger partial charge on any atom is 0.229 e. The van der Waals surface area contributed by atoms with Crippen LogP contribution in [0.15, 0.2) is 18.2 Å². The number of likely N-dealkylation sites (tertiary alicyclic amines) is 1. The Bertz CT molecular complexity index is 690. The molecule has 2 atom stereocenters. The van der Waals surface area contributed by atoms with E-state index >= 15 is 0 Å². The highest BCUT2D eigenvalue weighted by Crippen LogP contribution is 2.50. The number of fused-ring (bicyclic) bond motifs is 4. The highest BCUT2D eigenvalue weighted by atomic mass is 19.1. The summed E-state index contributed by atoms with van der Waals surface area (Å²) in [4.78, 5) is 14.8. The number of hydrogen-bond donors (Lipinski definition) is 0. The van der Waals surface area contributed by atoms with E-state index in [9.17, 15) is 9.18 Å². The minimum Gasteiger partial charge on any atom is -0.488 e. The molecule has 1 saturated heterocycles. The van der Waals surface area contributed by atoms with Gasteiger partial charge >= 0.3 is 0 Å². The molecule has 3 aliphatic rings. The van der Waals surface area contributed by atoms with Crippen LogP contribution in [-0.4, -0.2) is 23.5 Å². The van der Waals surface area contributed by atoms with Crippen molar-refractivity contribution in [1.82, 2.24) is 4.90 Å². The Hall–Kier alpha value is -2.09. The molecule has 2 bridgehead atoms. The summed E-state index contributed by atoms with van der Waals surface area (Å²) in [6.45, 7) is 2.48. The molecule has 0 N–H and O–H groups in total. The molecule has 0 aromatic heterocycles. The van der Waals surface area contributed by atoms with Crippen LogP contribution < -0.4 is 4.74 Å². The molecule has 0 radical (unpaired) electrons. The van der Waals surface area contributed by atoms with Gasteiger partial charge < -0.3 is 9.64 Å². The second kappa shape index (κ2) is 4.45. The van der Waals surface area contributed by atoms with Gasteiger partial charge in [0.2, 0.25) is 5.91 Å². The number of amides is 1. The zero-order valence-corrected chi connectivity index (χ0v) is 12.4. The lowest BCUT2D eigenvalue weighted by Gasteiger charge is -2.43. The van der Waals surface area contributed by atoms with Gasteiger partial charge in [0.1, 0.15) is 17.7 Å². The Morgan fingerprint density at radius 1 is 1.50 bits per heavy atom. The molecular formula is C17H17FN2O2. The van der Waals surface area contributed by atoms with Crippen LogP contribution in [0.4, 0.5) is 4.39 Å². The van der Waals surface area contributed by atoms with Crippen LogP contribution in [0.25, 0.3) is 0 Å². The van der Waals surface area contributed by atoms with Crippen LogP contribution in [0.1, 0.15) is 37.8 Å². The first-order chi connectivity index (χ1) is 10.5. The van der Waals surface area contributed by atoms with Crippen molar-refractivity contribution < 1.29 is 13.9 Å². The summed E-state index contributed by atoms with van der Waals surface area (Å²) in [7, 11) is 0. The minimum atomic E-state index is -0.453. The highest BCUT2D eigenvalue weighted by molar-refractivity contribution is 5.84. The summed E-state index contributed by atoms with van der Waals surface area (Å²) in [5.41, 5.74) is 0.313. The van der Waals surface area contributed by atoms with Crippen LogP contribution in [0, 0.1) is 28.5 Å². The summed E-state index contributed by atoms with van der Waals surface area (Å²) in [5, 5.41) is 8.94. The van der Waals surface area contributed by atoms with Crippen LogP contribution in [0.2, 0.25) is 0 Å². The molecule has 1 amide bonds. The van der Waals surface area contributed by atoms with Crippen molar-refractivity contribution >= 4 is 5.91 Å². The summed E-state index contributed by atoms with van der Waals surface area (Å²) < 4.78 is 19.4. The molecule has 22 heavy (non-hydrogen) atoms. The van der Waals surface area contributed by atoms with Gasteiger partial charge in [-0.1, -0.05) is 6.92 Å². The molecule has 1 aromatic carbocycles.